The molecule has 1 saturated heterocycles. The number of nitrogen functional groups attached to an aromatic ring is 1. The first kappa shape index (κ1) is 48.7. The summed E-state index contributed by atoms with van der Waals surface area (Å²) in [5, 5.41) is 35.9. The Kier molecular flexibility index (Phi) is 21.2. The Morgan fingerprint density at radius 2 is 1.64 bits per heavy atom. The van der Waals surface area contributed by atoms with Crippen LogP contribution in [0.15, 0.2) is 41.7 Å². The number of phosphoric ester groups is 1. The van der Waals surface area contributed by atoms with Crippen molar-refractivity contribution in [3.05, 3.63) is 58.5 Å². The first-order valence-corrected chi connectivity index (χ1v) is 23.0. The van der Waals surface area contributed by atoms with E-state index in [1.165, 1.54) is 94.3 Å². The molecule has 4 rings (SSSR count). The van der Waals surface area contributed by atoms with Crippen LogP contribution in [-0.4, -0.2) is 93.3 Å². The third-order valence-corrected chi connectivity index (χ3v) is 11.9. The van der Waals surface area contributed by atoms with Crippen molar-refractivity contribution >= 4 is 37.5 Å². The van der Waals surface area contributed by atoms with Crippen LogP contribution >= 0.6 is 19.4 Å². The zero-order valence-electron chi connectivity index (χ0n) is 34.5. The summed E-state index contributed by atoms with van der Waals surface area (Å²) in [5.74, 6) is 0.202. The van der Waals surface area contributed by atoms with Gasteiger partial charge >= 0.3 is 7.82 Å². The topological polar surface area (TPSA) is 216 Å². The maximum atomic E-state index is 13.2. The highest BCUT2D eigenvalue weighted by atomic mass is 35.5. The second kappa shape index (κ2) is 25.7. The van der Waals surface area contributed by atoms with Gasteiger partial charge in [-0.1, -0.05) is 121 Å². The smallest absolute Gasteiger partial charge is 0.387 e. The fourth-order valence-corrected chi connectivity index (χ4v) is 8.30. The minimum atomic E-state index is -4.80. The van der Waals surface area contributed by atoms with Crippen molar-refractivity contribution in [1.82, 2.24) is 14.6 Å². The van der Waals surface area contributed by atoms with Crippen molar-refractivity contribution in [3.63, 3.8) is 0 Å². The monoisotopic (exact) mass is 862 g/mol. The molecule has 1 aromatic carbocycles. The van der Waals surface area contributed by atoms with Gasteiger partial charge in [-0.15, -0.1) is 0 Å². The van der Waals surface area contributed by atoms with Gasteiger partial charge in [0, 0.05) is 6.61 Å². The number of aliphatic hydroxyl groups is 2. The Balaban J connectivity index is 1.22. The van der Waals surface area contributed by atoms with E-state index in [0.29, 0.717) is 28.9 Å². The predicted octanol–water partition coefficient (Wildman–Crippen LogP) is 8.07. The van der Waals surface area contributed by atoms with Crippen molar-refractivity contribution in [2.75, 3.05) is 38.7 Å². The Labute approximate surface area is 353 Å². The summed E-state index contributed by atoms with van der Waals surface area (Å²) in [7, 11) is -4.80. The zero-order valence-corrected chi connectivity index (χ0v) is 36.1. The Hall–Kier alpha value is -3.00. The molecule has 2 aromatic heterocycles. The molecule has 0 radical (unpaired) electrons. The van der Waals surface area contributed by atoms with E-state index in [4.69, 9.17) is 40.6 Å². The van der Waals surface area contributed by atoms with Crippen LogP contribution in [0.1, 0.15) is 133 Å². The highest BCUT2D eigenvalue weighted by molar-refractivity contribution is 7.47. The lowest BCUT2D eigenvalue weighted by Gasteiger charge is -2.30. The van der Waals surface area contributed by atoms with E-state index >= 15 is 0 Å². The highest BCUT2D eigenvalue weighted by Crippen LogP contribution is 2.48. The average molecular weight is 863 g/mol. The van der Waals surface area contributed by atoms with Crippen LogP contribution in [0.4, 0.5) is 5.82 Å². The van der Waals surface area contributed by atoms with E-state index in [1.807, 2.05) is 6.07 Å². The molecule has 1 unspecified atom stereocenters. The summed E-state index contributed by atoms with van der Waals surface area (Å²) in [6.07, 6.45) is 16.6. The summed E-state index contributed by atoms with van der Waals surface area (Å²) in [6.45, 7) is 5.03. The van der Waals surface area contributed by atoms with Gasteiger partial charge in [-0.2, -0.15) is 10.4 Å². The molecule has 3 aromatic rings. The molecule has 1 aliphatic heterocycles. The maximum Gasteiger partial charge on any atom is 0.472 e. The second-order valence-electron chi connectivity index (χ2n) is 15.4. The summed E-state index contributed by atoms with van der Waals surface area (Å²) < 4.78 is 43.5. The van der Waals surface area contributed by atoms with Crippen molar-refractivity contribution < 1.29 is 42.9 Å². The number of hydrogen-bond donors (Lipinski definition) is 4. The highest BCUT2D eigenvalue weighted by Gasteiger charge is 2.56. The van der Waals surface area contributed by atoms with Gasteiger partial charge in [0.05, 0.1) is 49.3 Å². The molecular weight excluding hydrogens is 799 g/mol. The minimum absolute atomic E-state index is 0.0663. The van der Waals surface area contributed by atoms with Crippen LogP contribution in [-0.2, 0) is 34.4 Å². The predicted molar refractivity (Wildman–Crippen MR) is 227 cm³/mol. The van der Waals surface area contributed by atoms with Gasteiger partial charge < -0.3 is 35.1 Å². The fourth-order valence-electron chi connectivity index (χ4n) is 7.25. The van der Waals surface area contributed by atoms with E-state index < -0.39 is 44.4 Å². The maximum absolute atomic E-state index is 13.2. The quantitative estimate of drug-likeness (QED) is 0.0274. The van der Waals surface area contributed by atoms with E-state index in [2.05, 4.69) is 28.7 Å². The van der Waals surface area contributed by atoms with Gasteiger partial charge in [0.15, 0.2) is 5.82 Å². The van der Waals surface area contributed by atoms with Gasteiger partial charge in [-0.05, 0) is 43.0 Å². The molecule has 0 amide bonds. The standard InChI is InChI=1S/C42H64ClN6O9P/c1-3-4-5-6-7-8-9-10-11-12-13-14-15-16-17-18-23-54-27-34(55-26-32-19-20-33(25-44)35(43)24-32)28-56-59(52,53)57-30-42(29-46-2)40(51)38(50)39(58-42)36-21-22-37-41(45)47-31-48-49(36)37/h19-22,24,31,34,38-40,50-51H,2-18,23,26-30H2,1H3,(H,52,53)(H2,45,47,48)/t34-,38+,39+,40+,42-/m1/s1. The van der Waals surface area contributed by atoms with Crippen molar-refractivity contribution in [2.45, 2.75) is 146 Å². The molecule has 3 heterocycles. The van der Waals surface area contributed by atoms with E-state index in [-0.39, 0.29) is 37.2 Å². The Bertz CT molecular complexity index is 1800. The number of halogens is 1. The number of hydrogen-bond acceptors (Lipinski definition) is 13. The molecule has 0 saturated carbocycles. The number of ether oxygens (including phenoxy) is 3. The number of rotatable bonds is 31. The van der Waals surface area contributed by atoms with Crippen LogP contribution in [0.25, 0.3) is 5.52 Å². The summed E-state index contributed by atoms with van der Waals surface area (Å²) >= 11 is 6.22. The number of nitrogens with two attached hydrogens (primary N) is 1. The lowest BCUT2D eigenvalue weighted by molar-refractivity contribution is -0.107. The number of unbranched alkanes of at least 4 members (excludes halogenated alkanes) is 15. The van der Waals surface area contributed by atoms with Gasteiger partial charge in [0.1, 0.15) is 47.9 Å². The largest absolute Gasteiger partial charge is 0.472 e. The number of fused-ring (bicyclic) bond motifs is 1. The van der Waals surface area contributed by atoms with Crippen LogP contribution in [0.5, 0.6) is 0 Å². The molecule has 6 atom stereocenters. The van der Waals surface area contributed by atoms with E-state index in [9.17, 15) is 24.9 Å². The second-order valence-corrected chi connectivity index (χ2v) is 17.3. The number of phosphoric acid groups is 1. The van der Waals surface area contributed by atoms with Crippen LogP contribution in [0, 0.1) is 11.3 Å². The first-order chi connectivity index (χ1) is 28.5. The molecule has 328 valence electrons. The first-order valence-electron chi connectivity index (χ1n) is 21.1. The van der Waals surface area contributed by atoms with E-state index in [1.54, 1.807) is 30.3 Å². The average Bonchev–Trinajstić information content (AvgIpc) is 3.76. The number of benzene rings is 1. The number of aliphatic imine (C=N–C) groups is 1. The van der Waals surface area contributed by atoms with Gasteiger partial charge in [0.25, 0.3) is 0 Å². The number of nitriles is 1. The van der Waals surface area contributed by atoms with Crippen LogP contribution < -0.4 is 5.73 Å². The lowest BCUT2D eigenvalue weighted by atomic mass is 9.95. The number of aromatic nitrogens is 3. The molecule has 0 bridgehead atoms. The third kappa shape index (κ3) is 15.4. The zero-order chi connectivity index (χ0) is 42.5. The Morgan fingerprint density at radius 3 is 2.25 bits per heavy atom. The molecule has 15 nitrogen and oxygen atoms in total. The van der Waals surface area contributed by atoms with Gasteiger partial charge in [-0.25, -0.2) is 14.1 Å². The van der Waals surface area contributed by atoms with Crippen LogP contribution in [0.2, 0.25) is 5.02 Å². The molecule has 5 N–H and O–H groups in total. The van der Waals surface area contributed by atoms with E-state index in [0.717, 1.165) is 19.3 Å². The lowest BCUT2D eigenvalue weighted by Crippen LogP contribution is -2.49. The summed E-state index contributed by atoms with van der Waals surface area (Å²) in [5.41, 5.74) is 6.03. The molecule has 0 aliphatic carbocycles. The van der Waals surface area contributed by atoms with Crippen molar-refractivity contribution in [1.29, 1.82) is 5.26 Å². The third-order valence-electron chi connectivity index (χ3n) is 10.7. The molecule has 0 spiro atoms. The fraction of sp³-hybridized carbons (Fsp3) is 0.667. The molecular formula is C42H64ClN6O9P. The number of nitrogens with zero attached hydrogens (tertiary/aromatic N) is 5. The number of anilines is 1. The molecule has 1 aliphatic rings. The number of aliphatic hydroxyl groups excluding tert-OH is 2. The SMILES string of the molecule is C=NC[C@]1(COP(=O)(O)OC[C@@H](COCCCCCCCCCCCCCCCCCC)OCc2ccc(C#N)c(Cl)c2)O[C@@H](c2ccc3c(N)ncnn23)[C@H](O)[C@@H]1O. The Morgan fingerprint density at radius 1 is 1.00 bits per heavy atom. The normalized spacial score (nSPS) is 20.8. The molecule has 59 heavy (non-hydrogen) atoms. The molecule has 17 heteroatoms. The van der Waals surface area contributed by atoms with Crippen molar-refractivity contribution in [2.24, 2.45) is 4.99 Å². The summed E-state index contributed by atoms with van der Waals surface area (Å²) in [6, 6.07) is 10.2. The molecule has 1 fully saturated rings. The minimum Gasteiger partial charge on any atom is -0.387 e. The van der Waals surface area contributed by atoms with Crippen LogP contribution in [0.3, 0.4) is 0 Å². The van der Waals surface area contributed by atoms with Gasteiger partial charge in [-0.3, -0.25) is 14.0 Å². The van der Waals surface area contributed by atoms with Gasteiger partial charge in [0.2, 0.25) is 0 Å². The summed E-state index contributed by atoms with van der Waals surface area (Å²) in [4.78, 5) is 18.6. The van der Waals surface area contributed by atoms with Crippen molar-refractivity contribution in [3.8, 4) is 6.07 Å².